The van der Waals surface area contributed by atoms with Crippen molar-refractivity contribution >= 4 is 11.8 Å². The van der Waals surface area contributed by atoms with Crippen molar-refractivity contribution in [1.82, 2.24) is 15.1 Å². The summed E-state index contributed by atoms with van der Waals surface area (Å²) in [5, 5.41) is 3.12. The highest BCUT2D eigenvalue weighted by molar-refractivity contribution is 5.88. The number of carbonyl (C=O) groups is 2. The number of carbonyl (C=O) groups excluding carboxylic acids is 2. The van der Waals surface area contributed by atoms with Crippen LogP contribution in [0.1, 0.15) is 0 Å². The van der Waals surface area contributed by atoms with Crippen LogP contribution in [0.15, 0.2) is 0 Å². The maximum absolute atomic E-state index is 11.9. The third kappa shape index (κ3) is 2.93. The van der Waals surface area contributed by atoms with E-state index in [9.17, 15) is 9.59 Å². The van der Waals surface area contributed by atoms with Crippen molar-refractivity contribution in [3.63, 3.8) is 0 Å². The number of hydrogen-bond donors (Lipinski definition) is 1. The van der Waals surface area contributed by atoms with E-state index in [-0.39, 0.29) is 18.4 Å². The van der Waals surface area contributed by atoms with E-state index in [0.717, 1.165) is 0 Å². The van der Waals surface area contributed by atoms with Gasteiger partial charge in [-0.05, 0) is 0 Å². The molecule has 0 saturated carbocycles. The minimum Gasteiger partial charge on any atom is -0.375 e. The predicted octanol–water partition coefficient (Wildman–Crippen LogP) is -1.48. The second-order valence-corrected chi connectivity index (χ2v) is 3.97. The van der Waals surface area contributed by atoms with Crippen LogP contribution in [-0.2, 0) is 14.3 Å². The molecule has 0 spiro atoms. The van der Waals surface area contributed by atoms with Gasteiger partial charge in [0.1, 0.15) is 12.6 Å². The number of hydrogen-bond acceptors (Lipinski definition) is 4. The summed E-state index contributed by atoms with van der Waals surface area (Å²) < 4.78 is 4.81. The minimum absolute atomic E-state index is 0.0250. The number of ether oxygens (including phenoxy) is 1. The number of nitrogens with one attached hydrogen (secondary N) is 1. The number of likely N-dealkylation sites (N-methyl/N-ethyl adjacent to an activating group) is 1. The first-order chi connectivity index (χ1) is 7.57. The van der Waals surface area contributed by atoms with Gasteiger partial charge < -0.3 is 19.9 Å². The number of amides is 2. The van der Waals surface area contributed by atoms with Gasteiger partial charge >= 0.3 is 0 Å². The molecule has 1 aliphatic rings. The predicted molar refractivity (Wildman–Crippen MR) is 58.9 cm³/mol. The zero-order valence-electron chi connectivity index (χ0n) is 10.0. The Bertz CT molecular complexity index is 268. The van der Waals surface area contributed by atoms with Crippen molar-refractivity contribution in [1.29, 1.82) is 0 Å². The fourth-order valence-corrected chi connectivity index (χ4v) is 1.73. The van der Waals surface area contributed by atoms with E-state index in [1.807, 2.05) is 0 Å². The molecule has 92 valence electrons. The fourth-order valence-electron chi connectivity index (χ4n) is 1.73. The Labute approximate surface area is 95.5 Å². The van der Waals surface area contributed by atoms with Gasteiger partial charge in [-0.15, -0.1) is 0 Å². The Kier molecular flexibility index (Phi) is 4.70. The third-order valence-electron chi connectivity index (χ3n) is 2.56. The van der Waals surface area contributed by atoms with Crippen LogP contribution in [0.3, 0.4) is 0 Å². The summed E-state index contributed by atoms with van der Waals surface area (Å²) in [5.41, 5.74) is 0. The van der Waals surface area contributed by atoms with Crippen molar-refractivity contribution in [2.24, 2.45) is 0 Å². The van der Waals surface area contributed by atoms with E-state index in [4.69, 9.17) is 4.74 Å². The first kappa shape index (κ1) is 12.9. The first-order valence-corrected chi connectivity index (χ1v) is 5.28. The van der Waals surface area contributed by atoms with Crippen LogP contribution in [0.5, 0.6) is 0 Å². The molecule has 1 rings (SSSR count). The molecule has 6 nitrogen and oxygen atoms in total. The molecule has 1 heterocycles. The van der Waals surface area contributed by atoms with Crippen molar-refractivity contribution in [3.8, 4) is 0 Å². The topological polar surface area (TPSA) is 61.9 Å². The van der Waals surface area contributed by atoms with Gasteiger partial charge in [0.05, 0.1) is 0 Å². The number of piperazine rings is 1. The normalized spacial score (nSPS) is 20.7. The zero-order chi connectivity index (χ0) is 12.1. The summed E-state index contributed by atoms with van der Waals surface area (Å²) in [4.78, 5) is 26.7. The highest BCUT2D eigenvalue weighted by atomic mass is 16.5. The van der Waals surface area contributed by atoms with Crippen molar-refractivity contribution < 1.29 is 14.3 Å². The maximum atomic E-state index is 11.9. The minimum atomic E-state index is -0.411. The second-order valence-electron chi connectivity index (χ2n) is 3.97. The van der Waals surface area contributed by atoms with Gasteiger partial charge in [-0.1, -0.05) is 0 Å². The summed E-state index contributed by atoms with van der Waals surface area (Å²) in [6.07, 6.45) is 0. The SMILES string of the molecule is COCC(=O)N1CCNCC1C(=O)N(C)C. The average molecular weight is 229 g/mol. The molecule has 16 heavy (non-hydrogen) atoms. The van der Waals surface area contributed by atoms with E-state index >= 15 is 0 Å². The molecule has 0 bridgehead atoms. The van der Waals surface area contributed by atoms with Crippen LogP contribution >= 0.6 is 0 Å². The molecule has 0 aromatic heterocycles. The number of methoxy groups -OCH3 is 1. The van der Waals surface area contributed by atoms with Crippen LogP contribution in [0.4, 0.5) is 0 Å². The Morgan fingerprint density at radius 2 is 2.19 bits per heavy atom. The van der Waals surface area contributed by atoms with E-state index < -0.39 is 6.04 Å². The van der Waals surface area contributed by atoms with Crippen molar-refractivity contribution in [2.75, 3.05) is 47.4 Å². The second kappa shape index (κ2) is 5.81. The summed E-state index contributed by atoms with van der Waals surface area (Å²) >= 11 is 0. The van der Waals surface area contributed by atoms with Crippen LogP contribution in [0.25, 0.3) is 0 Å². The summed E-state index contributed by atoms with van der Waals surface area (Å²) in [6.45, 7) is 1.79. The molecular formula is C10H19N3O3. The van der Waals surface area contributed by atoms with Crippen LogP contribution in [-0.4, -0.2) is 75.1 Å². The summed E-state index contributed by atoms with van der Waals surface area (Å²) in [5.74, 6) is -0.194. The third-order valence-corrected chi connectivity index (χ3v) is 2.56. The summed E-state index contributed by atoms with van der Waals surface area (Å²) in [6, 6.07) is -0.411. The lowest BCUT2D eigenvalue weighted by Gasteiger charge is -2.36. The molecule has 6 heteroatoms. The van der Waals surface area contributed by atoms with Crippen molar-refractivity contribution in [2.45, 2.75) is 6.04 Å². The molecule has 1 atom stereocenters. The Morgan fingerprint density at radius 1 is 1.50 bits per heavy atom. The highest BCUT2D eigenvalue weighted by Gasteiger charge is 2.32. The van der Waals surface area contributed by atoms with Gasteiger partial charge in [0.2, 0.25) is 11.8 Å². The molecule has 1 unspecified atom stereocenters. The van der Waals surface area contributed by atoms with E-state index in [1.165, 1.54) is 12.0 Å². The molecule has 2 amide bonds. The molecule has 1 fully saturated rings. The Morgan fingerprint density at radius 3 is 2.75 bits per heavy atom. The molecule has 1 aliphatic heterocycles. The van der Waals surface area contributed by atoms with Gasteiger partial charge in [0.15, 0.2) is 0 Å². The van der Waals surface area contributed by atoms with E-state index in [2.05, 4.69) is 5.32 Å². The largest absolute Gasteiger partial charge is 0.375 e. The molecule has 0 aromatic rings. The Balaban J connectivity index is 2.71. The average Bonchev–Trinajstić information content (AvgIpc) is 2.28. The standard InChI is InChI=1S/C10H19N3O3/c1-12(2)10(15)8-6-11-4-5-13(8)9(14)7-16-3/h8,11H,4-7H2,1-3H3. The number of nitrogens with zero attached hydrogens (tertiary/aromatic N) is 2. The lowest BCUT2D eigenvalue weighted by atomic mass is 10.1. The molecule has 0 radical (unpaired) electrons. The maximum Gasteiger partial charge on any atom is 0.249 e. The van der Waals surface area contributed by atoms with Gasteiger partial charge in [0, 0.05) is 40.8 Å². The van der Waals surface area contributed by atoms with Crippen LogP contribution < -0.4 is 5.32 Å². The van der Waals surface area contributed by atoms with Gasteiger partial charge in [-0.3, -0.25) is 9.59 Å². The highest BCUT2D eigenvalue weighted by Crippen LogP contribution is 2.06. The molecule has 0 aromatic carbocycles. The molecule has 0 aliphatic carbocycles. The molecular weight excluding hydrogens is 210 g/mol. The van der Waals surface area contributed by atoms with Gasteiger partial charge in [-0.2, -0.15) is 0 Å². The van der Waals surface area contributed by atoms with E-state index in [0.29, 0.717) is 19.6 Å². The lowest BCUT2D eigenvalue weighted by Crippen LogP contribution is -2.59. The quantitative estimate of drug-likeness (QED) is 0.641. The Hall–Kier alpha value is -1.14. The fraction of sp³-hybridized carbons (Fsp3) is 0.800. The van der Waals surface area contributed by atoms with Crippen LogP contribution in [0.2, 0.25) is 0 Å². The smallest absolute Gasteiger partial charge is 0.249 e. The monoisotopic (exact) mass is 229 g/mol. The van der Waals surface area contributed by atoms with E-state index in [1.54, 1.807) is 19.0 Å². The summed E-state index contributed by atoms with van der Waals surface area (Å²) in [7, 11) is 4.86. The molecule has 1 N–H and O–H groups in total. The van der Waals surface area contributed by atoms with Crippen molar-refractivity contribution in [3.05, 3.63) is 0 Å². The lowest BCUT2D eigenvalue weighted by molar-refractivity contribution is -0.147. The number of rotatable bonds is 3. The first-order valence-electron chi connectivity index (χ1n) is 5.28. The van der Waals surface area contributed by atoms with Gasteiger partial charge in [-0.25, -0.2) is 0 Å². The molecule has 1 saturated heterocycles. The van der Waals surface area contributed by atoms with Gasteiger partial charge in [0.25, 0.3) is 0 Å². The zero-order valence-corrected chi connectivity index (χ0v) is 10.0. The van der Waals surface area contributed by atoms with Crippen LogP contribution in [0, 0.1) is 0 Å².